The Bertz CT molecular complexity index is 302. The van der Waals surface area contributed by atoms with Crippen LogP contribution in [0.15, 0.2) is 0 Å². The first-order valence-corrected chi connectivity index (χ1v) is 5.13. The molecule has 6 nitrogen and oxygen atoms in total. The van der Waals surface area contributed by atoms with E-state index in [-0.39, 0.29) is 18.3 Å². The van der Waals surface area contributed by atoms with Gasteiger partial charge in [-0.05, 0) is 12.8 Å². The normalized spacial score (nSPS) is 22.3. The molecule has 0 aromatic rings. The highest BCUT2D eigenvalue weighted by Crippen LogP contribution is 2.38. The van der Waals surface area contributed by atoms with E-state index in [0.29, 0.717) is 19.4 Å². The molecule has 0 saturated heterocycles. The summed E-state index contributed by atoms with van der Waals surface area (Å²) in [5, 5.41) is 11.2. The fraction of sp³-hybridized carbons (Fsp3) is 0.700. The van der Waals surface area contributed by atoms with Crippen molar-refractivity contribution in [2.45, 2.75) is 19.3 Å². The van der Waals surface area contributed by atoms with Crippen LogP contribution in [-0.2, 0) is 19.1 Å². The van der Waals surface area contributed by atoms with Crippen molar-refractivity contribution in [2.75, 3.05) is 13.7 Å². The van der Waals surface area contributed by atoms with Crippen molar-refractivity contribution in [3.8, 4) is 0 Å². The molecule has 16 heavy (non-hydrogen) atoms. The van der Waals surface area contributed by atoms with Crippen molar-refractivity contribution in [1.82, 2.24) is 5.32 Å². The second-order valence-corrected chi connectivity index (χ2v) is 3.76. The van der Waals surface area contributed by atoms with Crippen LogP contribution in [0.1, 0.15) is 19.3 Å². The highest BCUT2D eigenvalue weighted by Gasteiger charge is 2.48. The van der Waals surface area contributed by atoms with Crippen molar-refractivity contribution in [3.05, 3.63) is 0 Å². The topological polar surface area (TPSA) is 92.7 Å². The predicted molar refractivity (Wildman–Crippen MR) is 53.5 cm³/mol. The molecule has 1 aliphatic carbocycles. The molecular formula is C10H15NO5. The first-order chi connectivity index (χ1) is 7.56. The zero-order valence-electron chi connectivity index (χ0n) is 9.06. The summed E-state index contributed by atoms with van der Waals surface area (Å²) in [6.07, 6.45) is 1.17. The Hall–Kier alpha value is -1.59. The number of carbonyl (C=O) groups is 3. The van der Waals surface area contributed by atoms with Crippen molar-refractivity contribution >= 4 is 17.8 Å². The molecule has 0 bridgehead atoms. The predicted octanol–water partition coefficient (Wildman–Crippen LogP) is -0.223. The lowest BCUT2D eigenvalue weighted by atomic mass is 10.2. The van der Waals surface area contributed by atoms with E-state index >= 15 is 0 Å². The highest BCUT2D eigenvalue weighted by atomic mass is 16.5. The smallest absolute Gasteiger partial charge is 0.307 e. The van der Waals surface area contributed by atoms with Gasteiger partial charge in [-0.15, -0.1) is 0 Å². The van der Waals surface area contributed by atoms with Gasteiger partial charge in [0.15, 0.2) is 0 Å². The minimum atomic E-state index is -0.922. The summed E-state index contributed by atoms with van der Waals surface area (Å²) in [6, 6.07) is 0. The number of carboxylic acids is 1. The van der Waals surface area contributed by atoms with Gasteiger partial charge in [0.2, 0.25) is 5.91 Å². The number of carbonyl (C=O) groups excluding carboxylic acids is 2. The summed E-state index contributed by atoms with van der Waals surface area (Å²) >= 11 is 0. The molecule has 1 aliphatic rings. The summed E-state index contributed by atoms with van der Waals surface area (Å²) in [6.45, 7) is 0.372. The number of methoxy groups -OCH3 is 1. The zero-order chi connectivity index (χ0) is 12.1. The number of amides is 1. The van der Waals surface area contributed by atoms with Gasteiger partial charge < -0.3 is 15.2 Å². The Balaban J connectivity index is 2.08. The maximum Gasteiger partial charge on any atom is 0.307 e. The summed E-state index contributed by atoms with van der Waals surface area (Å²) < 4.78 is 4.44. The molecule has 0 heterocycles. The summed E-state index contributed by atoms with van der Waals surface area (Å²) in [5.74, 6) is -2.40. The van der Waals surface area contributed by atoms with Gasteiger partial charge in [-0.3, -0.25) is 14.4 Å². The van der Waals surface area contributed by atoms with Crippen molar-refractivity contribution in [1.29, 1.82) is 0 Å². The van der Waals surface area contributed by atoms with Gasteiger partial charge in [-0.1, -0.05) is 0 Å². The second kappa shape index (κ2) is 5.48. The van der Waals surface area contributed by atoms with Gasteiger partial charge in [0.25, 0.3) is 0 Å². The third kappa shape index (κ3) is 3.52. The molecule has 0 radical (unpaired) electrons. The van der Waals surface area contributed by atoms with Crippen LogP contribution in [0.2, 0.25) is 0 Å². The summed E-state index contributed by atoms with van der Waals surface area (Å²) in [5.41, 5.74) is 0. The SMILES string of the molecule is COC(=O)CCCNC(=O)C1CC1C(=O)O. The van der Waals surface area contributed by atoms with E-state index in [0.717, 1.165) is 0 Å². The van der Waals surface area contributed by atoms with E-state index in [1.54, 1.807) is 0 Å². The van der Waals surface area contributed by atoms with Crippen LogP contribution >= 0.6 is 0 Å². The van der Waals surface area contributed by atoms with Crippen LogP contribution in [-0.4, -0.2) is 36.6 Å². The summed E-state index contributed by atoms with van der Waals surface area (Å²) in [4.78, 5) is 32.6. The molecule has 0 aromatic heterocycles. The lowest BCUT2D eigenvalue weighted by molar-refractivity contribution is -0.141. The minimum absolute atomic E-state index is 0.239. The molecule has 0 aliphatic heterocycles. The molecule has 1 saturated carbocycles. The molecule has 2 N–H and O–H groups in total. The lowest BCUT2D eigenvalue weighted by Gasteiger charge is -2.03. The average Bonchev–Trinajstić information content (AvgIpc) is 3.03. The number of aliphatic carboxylic acids is 1. The first-order valence-electron chi connectivity index (χ1n) is 5.13. The Morgan fingerprint density at radius 1 is 1.38 bits per heavy atom. The number of hydrogen-bond donors (Lipinski definition) is 2. The van der Waals surface area contributed by atoms with E-state index < -0.39 is 17.8 Å². The van der Waals surface area contributed by atoms with E-state index in [2.05, 4.69) is 10.1 Å². The second-order valence-electron chi connectivity index (χ2n) is 3.76. The van der Waals surface area contributed by atoms with Gasteiger partial charge in [-0.2, -0.15) is 0 Å². The number of nitrogens with one attached hydrogen (secondary N) is 1. The molecule has 1 rings (SSSR count). The van der Waals surface area contributed by atoms with Gasteiger partial charge in [0.1, 0.15) is 0 Å². The van der Waals surface area contributed by atoms with Gasteiger partial charge in [0, 0.05) is 13.0 Å². The molecule has 90 valence electrons. The molecule has 0 spiro atoms. The van der Waals surface area contributed by atoms with Crippen molar-refractivity contribution in [3.63, 3.8) is 0 Å². The van der Waals surface area contributed by atoms with Crippen LogP contribution in [0.4, 0.5) is 0 Å². The van der Waals surface area contributed by atoms with E-state index in [1.807, 2.05) is 0 Å². The Morgan fingerprint density at radius 2 is 2.06 bits per heavy atom. The number of esters is 1. The fourth-order valence-corrected chi connectivity index (χ4v) is 1.44. The Labute approximate surface area is 93.0 Å². The highest BCUT2D eigenvalue weighted by molar-refractivity contribution is 5.89. The minimum Gasteiger partial charge on any atom is -0.481 e. The van der Waals surface area contributed by atoms with E-state index in [9.17, 15) is 14.4 Å². The molecule has 1 amide bonds. The molecular weight excluding hydrogens is 214 g/mol. The van der Waals surface area contributed by atoms with Crippen LogP contribution < -0.4 is 5.32 Å². The quantitative estimate of drug-likeness (QED) is 0.485. The van der Waals surface area contributed by atoms with Crippen LogP contribution in [0.25, 0.3) is 0 Å². The maximum absolute atomic E-state index is 11.3. The molecule has 6 heteroatoms. The molecule has 0 aromatic carbocycles. The Morgan fingerprint density at radius 3 is 2.56 bits per heavy atom. The molecule has 2 unspecified atom stereocenters. The molecule has 2 atom stereocenters. The molecule has 1 fully saturated rings. The van der Waals surface area contributed by atoms with Crippen molar-refractivity contribution in [2.24, 2.45) is 11.8 Å². The Kier molecular flexibility index (Phi) is 4.28. The standard InChI is InChI=1S/C10H15NO5/c1-16-8(12)3-2-4-11-9(13)6-5-7(6)10(14)15/h6-7H,2-5H2,1H3,(H,11,13)(H,14,15). The number of rotatable bonds is 6. The third-order valence-electron chi connectivity index (χ3n) is 2.53. The third-order valence-corrected chi connectivity index (χ3v) is 2.53. The maximum atomic E-state index is 11.3. The van der Waals surface area contributed by atoms with Crippen molar-refractivity contribution < 1.29 is 24.2 Å². The monoisotopic (exact) mass is 229 g/mol. The fourth-order valence-electron chi connectivity index (χ4n) is 1.44. The van der Waals surface area contributed by atoms with Crippen LogP contribution in [0.3, 0.4) is 0 Å². The lowest BCUT2D eigenvalue weighted by Crippen LogP contribution is -2.27. The number of ether oxygens (including phenoxy) is 1. The van der Waals surface area contributed by atoms with Crippen LogP contribution in [0, 0.1) is 11.8 Å². The summed E-state index contributed by atoms with van der Waals surface area (Å²) in [7, 11) is 1.31. The zero-order valence-corrected chi connectivity index (χ0v) is 9.06. The number of hydrogen-bond acceptors (Lipinski definition) is 4. The van der Waals surface area contributed by atoms with E-state index in [1.165, 1.54) is 7.11 Å². The number of carboxylic acid groups (broad SMARTS) is 1. The average molecular weight is 229 g/mol. The van der Waals surface area contributed by atoms with Gasteiger partial charge >= 0.3 is 11.9 Å². The van der Waals surface area contributed by atoms with Gasteiger partial charge in [-0.25, -0.2) is 0 Å². The van der Waals surface area contributed by atoms with E-state index in [4.69, 9.17) is 5.11 Å². The van der Waals surface area contributed by atoms with Crippen LogP contribution in [0.5, 0.6) is 0 Å². The first kappa shape index (κ1) is 12.5. The largest absolute Gasteiger partial charge is 0.481 e. The van der Waals surface area contributed by atoms with Gasteiger partial charge in [0.05, 0.1) is 18.9 Å².